The van der Waals surface area contributed by atoms with E-state index in [0.717, 1.165) is 28.7 Å². The van der Waals surface area contributed by atoms with Crippen molar-refractivity contribution in [3.63, 3.8) is 0 Å². The number of imidazole rings is 1. The lowest BCUT2D eigenvalue weighted by Gasteiger charge is -2.10. The number of carbonyl (C=O) groups excluding carboxylic acids is 1. The molecule has 1 heterocycles. The molecule has 32 heavy (non-hydrogen) atoms. The van der Waals surface area contributed by atoms with E-state index in [4.69, 9.17) is 9.47 Å². The van der Waals surface area contributed by atoms with E-state index >= 15 is 0 Å². The van der Waals surface area contributed by atoms with Crippen LogP contribution in [0.25, 0.3) is 16.7 Å². The zero-order chi connectivity index (χ0) is 22.5. The Morgan fingerprint density at radius 2 is 1.69 bits per heavy atom. The van der Waals surface area contributed by atoms with E-state index in [1.165, 1.54) is 5.56 Å². The topological polar surface area (TPSA) is 65.4 Å². The number of hydrogen-bond donors (Lipinski definition) is 1. The molecule has 1 aromatic heterocycles. The predicted octanol–water partition coefficient (Wildman–Crippen LogP) is 4.58. The molecule has 0 aliphatic rings. The summed E-state index contributed by atoms with van der Waals surface area (Å²) in [5, 5.41) is 2.98. The first kappa shape index (κ1) is 21.4. The SMILES string of the molecule is CCc1ccc(-n2cnc3cc(C(=O)NCCc4ccc(OC)c(OC)c4)ccc32)cc1. The summed E-state index contributed by atoms with van der Waals surface area (Å²) >= 11 is 0. The number of ether oxygens (including phenoxy) is 2. The molecule has 1 N–H and O–H groups in total. The number of rotatable bonds is 8. The Kier molecular flexibility index (Phi) is 6.40. The zero-order valence-corrected chi connectivity index (χ0v) is 18.6. The molecule has 164 valence electrons. The Bertz CT molecular complexity index is 1230. The standard InChI is InChI=1S/C26H27N3O3/c1-4-18-5-9-21(10-6-18)29-17-28-22-16-20(8-11-23(22)29)26(30)27-14-13-19-7-12-24(31-2)25(15-19)32-3/h5-12,15-17H,4,13-14H2,1-3H3,(H,27,30). The second kappa shape index (κ2) is 9.56. The van der Waals surface area contributed by atoms with Gasteiger partial charge in [0.2, 0.25) is 0 Å². The van der Waals surface area contributed by atoms with Crippen LogP contribution < -0.4 is 14.8 Å². The minimum atomic E-state index is -0.116. The lowest BCUT2D eigenvalue weighted by atomic mass is 10.1. The van der Waals surface area contributed by atoms with Gasteiger partial charge in [0.05, 0.1) is 25.3 Å². The number of hydrogen-bond acceptors (Lipinski definition) is 4. The molecule has 0 bridgehead atoms. The van der Waals surface area contributed by atoms with E-state index in [1.807, 2.05) is 41.0 Å². The van der Waals surface area contributed by atoms with Crippen molar-refractivity contribution < 1.29 is 14.3 Å². The first-order chi connectivity index (χ1) is 15.6. The molecule has 0 aliphatic heterocycles. The average molecular weight is 430 g/mol. The highest BCUT2D eigenvalue weighted by atomic mass is 16.5. The Morgan fingerprint density at radius 1 is 0.938 bits per heavy atom. The number of nitrogens with one attached hydrogen (secondary N) is 1. The second-order valence-corrected chi connectivity index (χ2v) is 7.53. The zero-order valence-electron chi connectivity index (χ0n) is 18.6. The third kappa shape index (κ3) is 4.44. The summed E-state index contributed by atoms with van der Waals surface area (Å²) in [4.78, 5) is 17.2. The van der Waals surface area contributed by atoms with E-state index in [0.29, 0.717) is 30.0 Å². The third-order valence-corrected chi connectivity index (χ3v) is 5.58. The minimum Gasteiger partial charge on any atom is -0.493 e. The Balaban J connectivity index is 1.43. The predicted molar refractivity (Wildman–Crippen MR) is 126 cm³/mol. The first-order valence-electron chi connectivity index (χ1n) is 10.7. The Morgan fingerprint density at radius 3 is 2.41 bits per heavy atom. The van der Waals surface area contributed by atoms with Gasteiger partial charge in [0.25, 0.3) is 5.91 Å². The van der Waals surface area contributed by atoms with Crippen LogP contribution in [0.5, 0.6) is 11.5 Å². The number of carbonyl (C=O) groups is 1. The van der Waals surface area contributed by atoms with E-state index in [2.05, 4.69) is 41.5 Å². The summed E-state index contributed by atoms with van der Waals surface area (Å²) in [7, 11) is 3.22. The normalized spacial score (nSPS) is 10.8. The quantitative estimate of drug-likeness (QED) is 0.445. The molecule has 3 aromatic carbocycles. The summed E-state index contributed by atoms with van der Waals surface area (Å²) in [5.74, 6) is 1.25. The lowest BCUT2D eigenvalue weighted by Crippen LogP contribution is -2.25. The molecule has 0 saturated heterocycles. The molecule has 0 saturated carbocycles. The number of aromatic nitrogens is 2. The molecule has 0 radical (unpaired) electrons. The minimum absolute atomic E-state index is 0.116. The van der Waals surface area contributed by atoms with E-state index in [9.17, 15) is 4.79 Å². The smallest absolute Gasteiger partial charge is 0.251 e. The van der Waals surface area contributed by atoms with Gasteiger partial charge in [-0.25, -0.2) is 4.98 Å². The summed E-state index contributed by atoms with van der Waals surface area (Å²) in [6, 6.07) is 19.8. The lowest BCUT2D eigenvalue weighted by molar-refractivity contribution is 0.0954. The summed E-state index contributed by atoms with van der Waals surface area (Å²) in [6.07, 6.45) is 3.50. The van der Waals surface area contributed by atoms with Crippen LogP contribution in [0.2, 0.25) is 0 Å². The van der Waals surface area contributed by atoms with Crippen molar-refractivity contribution in [2.75, 3.05) is 20.8 Å². The fraction of sp³-hybridized carbons (Fsp3) is 0.231. The van der Waals surface area contributed by atoms with Gasteiger partial charge >= 0.3 is 0 Å². The van der Waals surface area contributed by atoms with Gasteiger partial charge in [0.15, 0.2) is 11.5 Å². The number of fused-ring (bicyclic) bond motifs is 1. The number of aryl methyl sites for hydroxylation is 1. The summed E-state index contributed by atoms with van der Waals surface area (Å²) < 4.78 is 12.6. The molecule has 0 fully saturated rings. The molecule has 4 rings (SSSR count). The van der Waals surface area contributed by atoms with Crippen LogP contribution in [0.15, 0.2) is 67.0 Å². The van der Waals surface area contributed by atoms with Crippen molar-refractivity contribution in [2.24, 2.45) is 0 Å². The van der Waals surface area contributed by atoms with Gasteiger partial charge in [-0.1, -0.05) is 25.1 Å². The van der Waals surface area contributed by atoms with Crippen LogP contribution in [0, 0.1) is 0 Å². The van der Waals surface area contributed by atoms with Crippen LogP contribution in [-0.4, -0.2) is 36.2 Å². The second-order valence-electron chi connectivity index (χ2n) is 7.53. The van der Waals surface area contributed by atoms with Gasteiger partial charge in [-0.3, -0.25) is 9.36 Å². The molecule has 6 nitrogen and oxygen atoms in total. The highest BCUT2D eigenvalue weighted by molar-refractivity contribution is 5.97. The van der Waals surface area contributed by atoms with Crippen molar-refractivity contribution in [2.45, 2.75) is 19.8 Å². The summed E-state index contributed by atoms with van der Waals surface area (Å²) in [5.41, 5.74) is 5.76. The number of methoxy groups -OCH3 is 2. The molecule has 0 spiro atoms. The monoisotopic (exact) mass is 429 g/mol. The van der Waals surface area contributed by atoms with E-state index in [1.54, 1.807) is 20.5 Å². The maximum atomic E-state index is 12.7. The largest absolute Gasteiger partial charge is 0.493 e. The third-order valence-electron chi connectivity index (χ3n) is 5.58. The molecule has 6 heteroatoms. The molecule has 1 amide bonds. The Hall–Kier alpha value is -3.80. The Labute approximate surface area is 187 Å². The first-order valence-corrected chi connectivity index (χ1v) is 10.7. The van der Waals surface area contributed by atoms with E-state index < -0.39 is 0 Å². The summed E-state index contributed by atoms with van der Waals surface area (Å²) in [6.45, 7) is 2.66. The highest BCUT2D eigenvalue weighted by Crippen LogP contribution is 2.27. The highest BCUT2D eigenvalue weighted by Gasteiger charge is 2.11. The van der Waals surface area contributed by atoms with E-state index in [-0.39, 0.29) is 5.91 Å². The van der Waals surface area contributed by atoms with Crippen LogP contribution >= 0.6 is 0 Å². The maximum Gasteiger partial charge on any atom is 0.251 e. The number of amides is 1. The van der Waals surface area contributed by atoms with Gasteiger partial charge in [-0.05, 0) is 66.4 Å². The van der Waals surface area contributed by atoms with Gasteiger partial charge in [0.1, 0.15) is 6.33 Å². The molecule has 0 unspecified atom stereocenters. The fourth-order valence-electron chi connectivity index (χ4n) is 3.71. The van der Waals surface area contributed by atoms with Crippen molar-refractivity contribution in [1.82, 2.24) is 14.9 Å². The van der Waals surface area contributed by atoms with Crippen LogP contribution in [0.3, 0.4) is 0 Å². The van der Waals surface area contributed by atoms with Crippen molar-refractivity contribution in [3.8, 4) is 17.2 Å². The van der Waals surface area contributed by atoms with Crippen molar-refractivity contribution >= 4 is 16.9 Å². The van der Waals surface area contributed by atoms with Crippen molar-refractivity contribution in [3.05, 3.63) is 83.7 Å². The maximum absolute atomic E-state index is 12.7. The number of benzene rings is 3. The average Bonchev–Trinajstić information content (AvgIpc) is 3.27. The van der Waals surface area contributed by atoms with Gasteiger partial charge in [0, 0.05) is 17.8 Å². The van der Waals surface area contributed by atoms with Crippen LogP contribution in [0.1, 0.15) is 28.4 Å². The van der Waals surface area contributed by atoms with Gasteiger partial charge in [-0.15, -0.1) is 0 Å². The molecular weight excluding hydrogens is 402 g/mol. The molecule has 4 aromatic rings. The fourth-order valence-corrected chi connectivity index (χ4v) is 3.71. The van der Waals surface area contributed by atoms with Crippen LogP contribution in [-0.2, 0) is 12.8 Å². The van der Waals surface area contributed by atoms with Crippen molar-refractivity contribution in [1.29, 1.82) is 0 Å². The van der Waals surface area contributed by atoms with Gasteiger partial charge < -0.3 is 14.8 Å². The van der Waals surface area contributed by atoms with Gasteiger partial charge in [-0.2, -0.15) is 0 Å². The molecule has 0 atom stereocenters. The number of nitrogens with zero attached hydrogens (tertiary/aromatic N) is 2. The van der Waals surface area contributed by atoms with Crippen LogP contribution in [0.4, 0.5) is 0 Å². The molecule has 0 aliphatic carbocycles. The molecular formula is C26H27N3O3.